The smallest absolute Gasteiger partial charge is 0.385 e. The van der Waals surface area contributed by atoms with Gasteiger partial charge in [0.25, 0.3) is 5.91 Å². The quantitative estimate of drug-likeness (QED) is 0.785. The number of aromatic nitrogens is 2. The average Bonchev–Trinajstić information content (AvgIpc) is 2.44. The molecule has 1 aromatic heterocycles. The molecule has 0 atom stereocenters. The van der Waals surface area contributed by atoms with Crippen LogP contribution in [0.2, 0.25) is 0 Å². The molecule has 15 heavy (non-hydrogen) atoms. The molecule has 0 saturated heterocycles. The Labute approximate surface area is 83.0 Å². The number of amides is 1. The summed E-state index contributed by atoms with van der Waals surface area (Å²) in [6, 6.07) is 0. The molecule has 0 aromatic carbocycles. The van der Waals surface area contributed by atoms with E-state index in [1.54, 1.807) is 0 Å². The number of hydrogen-bond acceptors (Lipinski definition) is 3. The maximum atomic E-state index is 12.1. The number of nitrogens with zero attached hydrogens (tertiary/aromatic N) is 2. The number of primary amides is 1. The predicted molar refractivity (Wildman–Crippen MR) is 46.3 cm³/mol. The maximum Gasteiger partial charge on any atom is 0.408 e. The number of hydrogen-bond donors (Lipinski definition) is 2. The van der Waals surface area contributed by atoms with Crippen molar-refractivity contribution in [1.82, 2.24) is 9.78 Å². The Morgan fingerprint density at radius 1 is 1.67 bits per heavy atom. The van der Waals surface area contributed by atoms with Gasteiger partial charge < -0.3 is 11.1 Å². The predicted octanol–water partition coefficient (Wildman–Crippen LogP) is 0.586. The van der Waals surface area contributed by atoms with E-state index in [-0.39, 0.29) is 11.4 Å². The Morgan fingerprint density at radius 2 is 2.27 bits per heavy atom. The minimum absolute atomic E-state index is 0.173. The highest BCUT2D eigenvalue weighted by Gasteiger charge is 2.31. The Balaban J connectivity index is 3.08. The summed E-state index contributed by atoms with van der Waals surface area (Å²) >= 11 is 0. The van der Waals surface area contributed by atoms with E-state index < -0.39 is 18.6 Å². The Kier molecular flexibility index (Phi) is 2.87. The second-order valence-electron chi connectivity index (χ2n) is 2.79. The minimum Gasteiger partial charge on any atom is -0.385 e. The lowest BCUT2D eigenvalue weighted by Crippen LogP contribution is -2.25. The summed E-state index contributed by atoms with van der Waals surface area (Å²) in [5.74, 6) is -0.957. The van der Waals surface area contributed by atoms with Crippen LogP contribution in [0.4, 0.5) is 18.9 Å². The Hall–Kier alpha value is -1.73. The molecule has 0 bridgehead atoms. The van der Waals surface area contributed by atoms with Gasteiger partial charge in [0.1, 0.15) is 12.2 Å². The fourth-order valence-corrected chi connectivity index (χ4v) is 1.12. The highest BCUT2D eigenvalue weighted by Crippen LogP contribution is 2.21. The molecule has 8 heteroatoms. The van der Waals surface area contributed by atoms with Crippen molar-refractivity contribution in [3.05, 3.63) is 11.9 Å². The number of carbonyl (C=O) groups is 1. The lowest BCUT2D eigenvalue weighted by atomic mass is 10.3. The van der Waals surface area contributed by atoms with Crippen molar-refractivity contribution in [2.24, 2.45) is 5.73 Å². The lowest BCUT2D eigenvalue weighted by Gasteiger charge is -2.09. The van der Waals surface area contributed by atoms with Crippen molar-refractivity contribution < 1.29 is 18.0 Å². The lowest BCUT2D eigenvalue weighted by molar-refractivity contribution is -0.142. The van der Waals surface area contributed by atoms with Gasteiger partial charge in [0.05, 0.1) is 11.9 Å². The van der Waals surface area contributed by atoms with Gasteiger partial charge in [-0.05, 0) is 0 Å². The van der Waals surface area contributed by atoms with Gasteiger partial charge in [-0.3, -0.25) is 4.79 Å². The number of anilines is 1. The zero-order valence-electron chi connectivity index (χ0n) is 7.80. The molecule has 5 nitrogen and oxygen atoms in total. The van der Waals surface area contributed by atoms with E-state index in [1.807, 2.05) is 0 Å². The topological polar surface area (TPSA) is 72.9 Å². The highest BCUT2D eigenvalue weighted by atomic mass is 19.4. The summed E-state index contributed by atoms with van der Waals surface area (Å²) in [6.45, 7) is -1.34. The third kappa shape index (κ3) is 2.61. The summed E-state index contributed by atoms with van der Waals surface area (Å²) in [6.07, 6.45) is -3.33. The summed E-state index contributed by atoms with van der Waals surface area (Å²) in [5, 5.41) is 5.96. The molecule has 3 N–H and O–H groups in total. The van der Waals surface area contributed by atoms with Crippen LogP contribution in [0.3, 0.4) is 0 Å². The molecule has 0 aliphatic carbocycles. The molecule has 0 unspecified atom stereocenters. The number of alkyl halides is 3. The molecule has 1 aromatic rings. The Morgan fingerprint density at radius 3 is 2.67 bits per heavy atom. The van der Waals surface area contributed by atoms with E-state index in [0.29, 0.717) is 4.68 Å². The monoisotopic (exact) mass is 222 g/mol. The van der Waals surface area contributed by atoms with Gasteiger partial charge >= 0.3 is 6.18 Å². The second kappa shape index (κ2) is 3.79. The fraction of sp³-hybridized carbons (Fsp3) is 0.429. The third-order valence-electron chi connectivity index (χ3n) is 1.67. The number of nitrogens with one attached hydrogen (secondary N) is 1. The van der Waals surface area contributed by atoms with Crippen LogP contribution in [0.1, 0.15) is 10.5 Å². The fourth-order valence-electron chi connectivity index (χ4n) is 1.12. The van der Waals surface area contributed by atoms with Gasteiger partial charge in [-0.2, -0.15) is 18.3 Å². The number of carbonyl (C=O) groups excluding carboxylic acids is 1. The molecule has 1 heterocycles. The van der Waals surface area contributed by atoms with Crippen molar-refractivity contribution in [2.45, 2.75) is 12.7 Å². The summed E-state index contributed by atoms with van der Waals surface area (Å²) < 4.78 is 36.7. The molecule has 0 radical (unpaired) electrons. The van der Waals surface area contributed by atoms with Crippen LogP contribution < -0.4 is 11.1 Å². The van der Waals surface area contributed by atoms with Gasteiger partial charge in [-0.15, -0.1) is 0 Å². The van der Waals surface area contributed by atoms with Gasteiger partial charge in [0.15, 0.2) is 0 Å². The van der Waals surface area contributed by atoms with Crippen LogP contribution >= 0.6 is 0 Å². The van der Waals surface area contributed by atoms with E-state index in [0.717, 1.165) is 6.20 Å². The first-order valence-electron chi connectivity index (χ1n) is 3.95. The first kappa shape index (κ1) is 11.3. The highest BCUT2D eigenvalue weighted by molar-refractivity contribution is 5.96. The molecule has 1 rings (SSSR count). The Bertz CT molecular complexity index is 371. The van der Waals surface area contributed by atoms with E-state index in [2.05, 4.69) is 10.4 Å². The number of halogens is 3. The molecule has 1 amide bonds. The first-order chi connectivity index (χ1) is 6.85. The molecule has 0 fully saturated rings. The third-order valence-corrected chi connectivity index (χ3v) is 1.67. The van der Waals surface area contributed by atoms with Crippen molar-refractivity contribution >= 4 is 11.6 Å². The van der Waals surface area contributed by atoms with Gasteiger partial charge in [-0.1, -0.05) is 0 Å². The van der Waals surface area contributed by atoms with Crippen LogP contribution in [0.15, 0.2) is 6.20 Å². The summed E-state index contributed by atoms with van der Waals surface area (Å²) in [7, 11) is 1.46. The van der Waals surface area contributed by atoms with Crippen molar-refractivity contribution in [1.29, 1.82) is 0 Å². The zero-order chi connectivity index (χ0) is 11.6. The van der Waals surface area contributed by atoms with Crippen molar-refractivity contribution in [3.8, 4) is 0 Å². The van der Waals surface area contributed by atoms with Gasteiger partial charge in [0, 0.05) is 7.05 Å². The number of rotatable bonds is 3. The van der Waals surface area contributed by atoms with E-state index >= 15 is 0 Å². The van der Waals surface area contributed by atoms with Crippen LogP contribution in [0, 0.1) is 0 Å². The minimum atomic E-state index is -4.44. The SMILES string of the molecule is CNc1cnn(CC(F)(F)F)c1C(N)=O. The van der Waals surface area contributed by atoms with Crippen LogP contribution in [0.25, 0.3) is 0 Å². The maximum absolute atomic E-state index is 12.1. The molecule has 0 spiro atoms. The zero-order valence-corrected chi connectivity index (χ0v) is 7.80. The molecule has 0 aliphatic rings. The largest absolute Gasteiger partial charge is 0.408 e. The van der Waals surface area contributed by atoms with Crippen LogP contribution in [-0.4, -0.2) is 28.9 Å². The van der Waals surface area contributed by atoms with E-state index in [9.17, 15) is 18.0 Å². The molecule has 84 valence electrons. The molecular formula is C7H9F3N4O. The molecule has 0 saturated carbocycles. The molecule has 0 aliphatic heterocycles. The standard InChI is InChI=1S/C7H9F3N4O/c1-12-4-2-13-14(3-7(8,9)10)5(4)6(11)15/h2,12H,3H2,1H3,(H2,11,15). The van der Waals surface area contributed by atoms with Crippen LogP contribution in [0.5, 0.6) is 0 Å². The van der Waals surface area contributed by atoms with Crippen molar-refractivity contribution in [2.75, 3.05) is 12.4 Å². The first-order valence-corrected chi connectivity index (χ1v) is 3.95. The molecular weight excluding hydrogens is 213 g/mol. The van der Waals surface area contributed by atoms with Crippen molar-refractivity contribution in [3.63, 3.8) is 0 Å². The normalized spacial score (nSPS) is 11.5. The van der Waals surface area contributed by atoms with Gasteiger partial charge in [-0.25, -0.2) is 4.68 Å². The van der Waals surface area contributed by atoms with E-state index in [1.165, 1.54) is 7.05 Å². The summed E-state index contributed by atoms with van der Waals surface area (Å²) in [5.41, 5.74) is 4.84. The summed E-state index contributed by atoms with van der Waals surface area (Å²) in [4.78, 5) is 10.9. The number of nitrogens with two attached hydrogens (primary N) is 1. The van der Waals surface area contributed by atoms with E-state index in [4.69, 9.17) is 5.73 Å². The van der Waals surface area contributed by atoms with Gasteiger partial charge in [0.2, 0.25) is 0 Å². The second-order valence-corrected chi connectivity index (χ2v) is 2.79. The average molecular weight is 222 g/mol. The van der Waals surface area contributed by atoms with Crippen LogP contribution in [-0.2, 0) is 6.54 Å².